The first-order chi connectivity index (χ1) is 9.47. The molecule has 106 valence electrons. The predicted octanol–water partition coefficient (Wildman–Crippen LogP) is 5.20. The first-order valence-corrected chi connectivity index (χ1v) is 7.73. The number of aryl methyl sites for hydroxylation is 2. The first-order valence-electron chi connectivity index (χ1n) is 6.94. The van der Waals surface area contributed by atoms with E-state index in [0.29, 0.717) is 5.92 Å². The van der Waals surface area contributed by atoms with Gasteiger partial charge in [-0.05, 0) is 64.5 Å². The van der Waals surface area contributed by atoms with Crippen LogP contribution in [0.2, 0.25) is 0 Å². The van der Waals surface area contributed by atoms with Crippen molar-refractivity contribution in [2.45, 2.75) is 40.2 Å². The molecule has 0 radical (unpaired) electrons. The molecule has 2 aromatic rings. The lowest BCUT2D eigenvalue weighted by atomic mass is 9.98. The molecule has 0 amide bonds. The minimum absolute atomic E-state index is 0.558. The molecule has 0 spiro atoms. The Morgan fingerprint density at radius 2 is 1.90 bits per heavy atom. The summed E-state index contributed by atoms with van der Waals surface area (Å²) in [4.78, 5) is 4.52. The Labute approximate surface area is 129 Å². The zero-order valence-electron chi connectivity index (χ0n) is 12.5. The zero-order valence-corrected chi connectivity index (χ0v) is 14.1. The third-order valence-electron chi connectivity index (χ3n) is 3.52. The largest absolute Gasteiger partial charge is 0.366 e. The van der Waals surface area contributed by atoms with Gasteiger partial charge in [-0.1, -0.05) is 32.0 Å². The maximum absolute atomic E-state index is 4.52. The highest BCUT2D eigenvalue weighted by atomic mass is 79.9. The molecule has 0 unspecified atom stereocenters. The van der Waals surface area contributed by atoms with Gasteiger partial charge in [0.2, 0.25) is 0 Å². The van der Waals surface area contributed by atoms with Gasteiger partial charge in [0.15, 0.2) is 0 Å². The van der Waals surface area contributed by atoms with Crippen LogP contribution in [0.1, 0.15) is 42.1 Å². The monoisotopic (exact) mass is 332 g/mol. The molecule has 0 aliphatic rings. The summed E-state index contributed by atoms with van der Waals surface area (Å²) in [5, 5.41) is 3.40. The van der Waals surface area contributed by atoms with Gasteiger partial charge >= 0.3 is 0 Å². The van der Waals surface area contributed by atoms with E-state index in [1.165, 1.54) is 16.7 Å². The van der Waals surface area contributed by atoms with Crippen molar-refractivity contribution < 1.29 is 0 Å². The topological polar surface area (TPSA) is 24.9 Å². The Bertz CT molecular complexity index is 606. The van der Waals surface area contributed by atoms with Crippen LogP contribution in [0.3, 0.4) is 0 Å². The molecule has 2 rings (SSSR count). The molecular weight excluding hydrogens is 312 g/mol. The Morgan fingerprint density at radius 1 is 1.15 bits per heavy atom. The Morgan fingerprint density at radius 3 is 2.55 bits per heavy atom. The highest BCUT2D eigenvalue weighted by Crippen LogP contribution is 2.20. The molecule has 0 aliphatic heterocycles. The lowest BCUT2D eigenvalue weighted by Crippen LogP contribution is -2.04. The third-order valence-corrected chi connectivity index (χ3v) is 4.36. The van der Waals surface area contributed by atoms with Gasteiger partial charge in [0.05, 0.1) is 5.69 Å². The van der Waals surface area contributed by atoms with Crippen molar-refractivity contribution in [2.24, 2.45) is 0 Å². The van der Waals surface area contributed by atoms with Crippen molar-refractivity contribution in [3.63, 3.8) is 0 Å². The molecule has 1 aromatic carbocycles. The van der Waals surface area contributed by atoms with Gasteiger partial charge in [0.25, 0.3) is 0 Å². The summed E-state index contributed by atoms with van der Waals surface area (Å²) in [7, 11) is 0. The third kappa shape index (κ3) is 3.60. The molecule has 0 saturated carbocycles. The average molecular weight is 333 g/mol. The molecular formula is C17H21BrN2. The van der Waals surface area contributed by atoms with Crippen LogP contribution in [0.25, 0.3) is 0 Å². The SMILES string of the molecule is Cc1ccc(C(C)C)cc1CNc1ccc(Br)c(C)n1. The molecule has 0 fully saturated rings. The number of aromatic nitrogens is 1. The van der Waals surface area contributed by atoms with Crippen LogP contribution < -0.4 is 5.32 Å². The van der Waals surface area contributed by atoms with Crippen LogP contribution in [0.5, 0.6) is 0 Å². The number of nitrogens with zero attached hydrogens (tertiary/aromatic N) is 1. The number of pyridine rings is 1. The van der Waals surface area contributed by atoms with Crippen molar-refractivity contribution in [2.75, 3.05) is 5.32 Å². The molecule has 3 heteroatoms. The molecule has 1 N–H and O–H groups in total. The summed E-state index contributed by atoms with van der Waals surface area (Å²) in [5.74, 6) is 1.47. The number of benzene rings is 1. The van der Waals surface area contributed by atoms with E-state index < -0.39 is 0 Å². The van der Waals surface area contributed by atoms with Gasteiger partial charge in [-0.3, -0.25) is 0 Å². The second-order valence-corrected chi connectivity index (χ2v) is 6.31. The maximum Gasteiger partial charge on any atom is 0.126 e. The number of hydrogen-bond acceptors (Lipinski definition) is 2. The highest BCUT2D eigenvalue weighted by molar-refractivity contribution is 9.10. The normalized spacial score (nSPS) is 10.9. The second-order valence-electron chi connectivity index (χ2n) is 5.46. The molecule has 20 heavy (non-hydrogen) atoms. The van der Waals surface area contributed by atoms with E-state index in [1.807, 2.05) is 19.1 Å². The van der Waals surface area contributed by atoms with Gasteiger partial charge in [0, 0.05) is 11.0 Å². The Balaban J connectivity index is 2.13. The van der Waals surface area contributed by atoms with Gasteiger partial charge in [-0.25, -0.2) is 4.98 Å². The van der Waals surface area contributed by atoms with Crippen molar-refractivity contribution in [1.29, 1.82) is 0 Å². The predicted molar refractivity (Wildman–Crippen MR) is 89.3 cm³/mol. The van der Waals surface area contributed by atoms with Crippen molar-refractivity contribution >= 4 is 21.7 Å². The Hall–Kier alpha value is -1.35. The minimum Gasteiger partial charge on any atom is -0.366 e. The van der Waals surface area contributed by atoms with Crippen LogP contribution >= 0.6 is 15.9 Å². The fourth-order valence-electron chi connectivity index (χ4n) is 2.07. The lowest BCUT2D eigenvalue weighted by Gasteiger charge is -2.13. The molecule has 0 bridgehead atoms. The molecule has 0 atom stereocenters. The smallest absolute Gasteiger partial charge is 0.126 e. The number of hydrogen-bond donors (Lipinski definition) is 1. The van der Waals surface area contributed by atoms with Gasteiger partial charge in [-0.15, -0.1) is 0 Å². The fraction of sp³-hybridized carbons (Fsp3) is 0.353. The summed E-state index contributed by atoms with van der Waals surface area (Å²) in [5.41, 5.74) is 5.03. The summed E-state index contributed by atoms with van der Waals surface area (Å²) >= 11 is 3.47. The maximum atomic E-state index is 4.52. The van der Waals surface area contributed by atoms with E-state index >= 15 is 0 Å². The van der Waals surface area contributed by atoms with Crippen LogP contribution in [-0.2, 0) is 6.54 Å². The van der Waals surface area contributed by atoms with Gasteiger partial charge in [-0.2, -0.15) is 0 Å². The number of anilines is 1. The number of rotatable bonds is 4. The summed E-state index contributed by atoms with van der Waals surface area (Å²) in [6.07, 6.45) is 0. The Kier molecular flexibility index (Phi) is 4.81. The number of halogens is 1. The fourth-order valence-corrected chi connectivity index (χ4v) is 2.29. The lowest BCUT2D eigenvalue weighted by molar-refractivity contribution is 0.861. The van der Waals surface area contributed by atoms with E-state index in [0.717, 1.165) is 22.5 Å². The van der Waals surface area contributed by atoms with Crippen molar-refractivity contribution in [3.8, 4) is 0 Å². The van der Waals surface area contributed by atoms with Crippen LogP contribution in [0, 0.1) is 13.8 Å². The summed E-state index contributed by atoms with van der Waals surface area (Å²) < 4.78 is 1.04. The van der Waals surface area contributed by atoms with Crippen molar-refractivity contribution in [1.82, 2.24) is 4.98 Å². The second kappa shape index (κ2) is 6.40. The standard InChI is InChI=1S/C17H21BrN2/c1-11(2)14-6-5-12(3)15(9-14)10-19-17-8-7-16(18)13(4)20-17/h5-9,11H,10H2,1-4H3,(H,19,20). The molecule has 0 saturated heterocycles. The summed E-state index contributed by atoms with van der Waals surface area (Å²) in [6, 6.07) is 10.7. The van der Waals surface area contributed by atoms with Crippen LogP contribution in [0.4, 0.5) is 5.82 Å². The van der Waals surface area contributed by atoms with E-state index in [9.17, 15) is 0 Å². The highest BCUT2D eigenvalue weighted by Gasteiger charge is 2.05. The van der Waals surface area contributed by atoms with Crippen LogP contribution in [0.15, 0.2) is 34.8 Å². The van der Waals surface area contributed by atoms with E-state index in [1.54, 1.807) is 0 Å². The van der Waals surface area contributed by atoms with Crippen molar-refractivity contribution in [3.05, 3.63) is 57.2 Å². The van der Waals surface area contributed by atoms with E-state index in [4.69, 9.17) is 0 Å². The quantitative estimate of drug-likeness (QED) is 0.832. The zero-order chi connectivity index (χ0) is 14.7. The first kappa shape index (κ1) is 15.0. The van der Waals surface area contributed by atoms with E-state index in [2.05, 4.69) is 65.2 Å². The van der Waals surface area contributed by atoms with E-state index in [-0.39, 0.29) is 0 Å². The minimum atomic E-state index is 0.558. The molecule has 0 aliphatic carbocycles. The molecule has 1 aromatic heterocycles. The molecule has 1 heterocycles. The van der Waals surface area contributed by atoms with Gasteiger partial charge < -0.3 is 5.32 Å². The van der Waals surface area contributed by atoms with Gasteiger partial charge in [0.1, 0.15) is 5.82 Å². The van der Waals surface area contributed by atoms with Crippen LogP contribution in [-0.4, -0.2) is 4.98 Å². The average Bonchev–Trinajstić information content (AvgIpc) is 2.41. The summed E-state index contributed by atoms with van der Waals surface area (Å²) in [6.45, 7) is 9.41. The molecule has 2 nitrogen and oxygen atoms in total. The number of nitrogens with one attached hydrogen (secondary N) is 1.